The van der Waals surface area contributed by atoms with Crippen molar-refractivity contribution in [2.75, 3.05) is 18.0 Å². The van der Waals surface area contributed by atoms with E-state index in [-0.39, 0.29) is 12.1 Å². The molecule has 0 bridgehead atoms. The van der Waals surface area contributed by atoms with Crippen molar-refractivity contribution in [3.8, 4) is 0 Å². The van der Waals surface area contributed by atoms with E-state index in [2.05, 4.69) is 16.0 Å². The zero-order valence-electron chi connectivity index (χ0n) is 9.97. The molecule has 4 nitrogen and oxygen atoms in total. The Bertz CT molecular complexity index is 421. The highest BCUT2D eigenvalue weighted by Gasteiger charge is 2.27. The molecule has 1 aromatic heterocycles. The second kappa shape index (κ2) is 4.27. The van der Waals surface area contributed by atoms with Crippen LogP contribution in [0.4, 0.5) is 5.69 Å². The van der Waals surface area contributed by atoms with E-state index in [9.17, 15) is 5.11 Å². The first-order chi connectivity index (χ1) is 8.25. The molecule has 0 radical (unpaired) electrons. The summed E-state index contributed by atoms with van der Waals surface area (Å²) in [7, 11) is 0. The third-order valence-corrected chi connectivity index (χ3v) is 3.85. The van der Waals surface area contributed by atoms with Gasteiger partial charge < -0.3 is 15.7 Å². The Morgan fingerprint density at radius 1 is 1.41 bits per heavy atom. The van der Waals surface area contributed by atoms with Crippen LogP contribution in [-0.4, -0.2) is 29.2 Å². The van der Waals surface area contributed by atoms with Crippen LogP contribution < -0.4 is 10.6 Å². The Hall–Kier alpha value is -1.13. The molecule has 2 atom stereocenters. The van der Waals surface area contributed by atoms with Crippen molar-refractivity contribution in [2.45, 2.75) is 37.8 Å². The molecule has 3 N–H and O–H groups in total. The van der Waals surface area contributed by atoms with Crippen molar-refractivity contribution in [3.05, 3.63) is 23.5 Å². The van der Waals surface area contributed by atoms with Crippen LogP contribution in [0.2, 0.25) is 0 Å². The molecular formula is C13H19N3O. The lowest BCUT2D eigenvalue weighted by atomic mass is 10.0. The molecule has 1 aromatic rings. The van der Waals surface area contributed by atoms with Crippen LogP contribution in [0.5, 0.6) is 0 Å². The van der Waals surface area contributed by atoms with Gasteiger partial charge in [-0.25, -0.2) is 0 Å². The Labute approximate surface area is 101 Å². The first-order valence-electron chi connectivity index (χ1n) is 6.42. The number of hydrogen-bond donors (Lipinski definition) is 2. The summed E-state index contributed by atoms with van der Waals surface area (Å²) < 4.78 is 0. The SMILES string of the molecule is N[C@H]1CCCN(c2ccnc3c2CCC3O)C1. The molecule has 1 unspecified atom stereocenters. The van der Waals surface area contributed by atoms with E-state index in [1.807, 2.05) is 6.20 Å². The molecule has 3 rings (SSSR count). The normalized spacial score (nSPS) is 28.2. The molecule has 4 heteroatoms. The predicted molar refractivity (Wildman–Crippen MR) is 66.9 cm³/mol. The van der Waals surface area contributed by atoms with Crippen molar-refractivity contribution in [2.24, 2.45) is 5.73 Å². The zero-order valence-corrected chi connectivity index (χ0v) is 9.97. The van der Waals surface area contributed by atoms with Gasteiger partial charge in [-0.3, -0.25) is 4.98 Å². The fraction of sp³-hybridized carbons (Fsp3) is 0.615. The minimum Gasteiger partial charge on any atom is -0.387 e. The Balaban J connectivity index is 1.93. The average molecular weight is 233 g/mol. The summed E-state index contributed by atoms with van der Waals surface area (Å²) in [4.78, 5) is 6.66. The first-order valence-corrected chi connectivity index (χ1v) is 6.42. The number of nitrogens with two attached hydrogens (primary N) is 1. The molecule has 17 heavy (non-hydrogen) atoms. The third kappa shape index (κ3) is 1.91. The van der Waals surface area contributed by atoms with Gasteiger partial charge in [-0.2, -0.15) is 0 Å². The van der Waals surface area contributed by atoms with E-state index in [4.69, 9.17) is 5.73 Å². The van der Waals surface area contributed by atoms with Crippen molar-refractivity contribution in [1.82, 2.24) is 4.98 Å². The highest BCUT2D eigenvalue weighted by atomic mass is 16.3. The lowest BCUT2D eigenvalue weighted by Crippen LogP contribution is -2.43. The van der Waals surface area contributed by atoms with Gasteiger partial charge in [-0.05, 0) is 37.3 Å². The van der Waals surface area contributed by atoms with Crippen molar-refractivity contribution in [3.63, 3.8) is 0 Å². The van der Waals surface area contributed by atoms with Crippen LogP contribution in [0, 0.1) is 0 Å². The Morgan fingerprint density at radius 3 is 3.12 bits per heavy atom. The van der Waals surface area contributed by atoms with Crippen LogP contribution in [0.15, 0.2) is 12.3 Å². The average Bonchev–Trinajstić information content (AvgIpc) is 2.71. The van der Waals surface area contributed by atoms with Crippen molar-refractivity contribution < 1.29 is 5.11 Å². The molecule has 0 saturated carbocycles. The number of aliphatic hydroxyl groups is 1. The molecule has 1 aliphatic heterocycles. The van der Waals surface area contributed by atoms with E-state index in [0.29, 0.717) is 0 Å². The van der Waals surface area contributed by atoms with Crippen LogP contribution in [0.25, 0.3) is 0 Å². The summed E-state index contributed by atoms with van der Waals surface area (Å²) in [5, 5.41) is 9.85. The Kier molecular flexibility index (Phi) is 2.76. The summed E-state index contributed by atoms with van der Waals surface area (Å²) in [6.45, 7) is 1.99. The first kappa shape index (κ1) is 11.0. The monoisotopic (exact) mass is 233 g/mol. The van der Waals surface area contributed by atoms with Gasteiger partial charge in [0.2, 0.25) is 0 Å². The number of aliphatic hydroxyl groups excluding tert-OH is 1. The number of pyridine rings is 1. The number of aromatic nitrogens is 1. The van der Waals surface area contributed by atoms with Gasteiger partial charge in [0.05, 0.1) is 11.8 Å². The van der Waals surface area contributed by atoms with E-state index >= 15 is 0 Å². The van der Waals surface area contributed by atoms with E-state index < -0.39 is 0 Å². The van der Waals surface area contributed by atoms with E-state index in [1.165, 1.54) is 11.3 Å². The van der Waals surface area contributed by atoms with Crippen molar-refractivity contribution in [1.29, 1.82) is 0 Å². The summed E-state index contributed by atoms with van der Waals surface area (Å²) in [5.41, 5.74) is 9.37. The fourth-order valence-corrected chi connectivity index (χ4v) is 2.98. The second-order valence-corrected chi connectivity index (χ2v) is 5.10. The quantitative estimate of drug-likeness (QED) is 0.759. The smallest absolute Gasteiger partial charge is 0.0966 e. The lowest BCUT2D eigenvalue weighted by Gasteiger charge is -2.33. The molecular weight excluding hydrogens is 214 g/mol. The van der Waals surface area contributed by atoms with Crippen LogP contribution >= 0.6 is 0 Å². The molecule has 2 aliphatic rings. The van der Waals surface area contributed by atoms with Gasteiger partial charge >= 0.3 is 0 Å². The topological polar surface area (TPSA) is 62.4 Å². The second-order valence-electron chi connectivity index (χ2n) is 5.10. The van der Waals surface area contributed by atoms with Gasteiger partial charge in [0.15, 0.2) is 0 Å². The summed E-state index contributed by atoms with van der Waals surface area (Å²) in [6, 6.07) is 2.34. The summed E-state index contributed by atoms with van der Waals surface area (Å²) in [5.74, 6) is 0. The van der Waals surface area contributed by atoms with Gasteiger partial charge in [0, 0.05) is 31.0 Å². The lowest BCUT2D eigenvalue weighted by molar-refractivity contribution is 0.176. The number of piperidine rings is 1. The Morgan fingerprint density at radius 2 is 2.29 bits per heavy atom. The molecule has 2 heterocycles. The maximum Gasteiger partial charge on any atom is 0.0966 e. The number of anilines is 1. The molecule has 1 saturated heterocycles. The molecule has 1 aliphatic carbocycles. The van der Waals surface area contributed by atoms with Gasteiger partial charge in [-0.15, -0.1) is 0 Å². The van der Waals surface area contributed by atoms with Gasteiger partial charge in [0.1, 0.15) is 0 Å². The van der Waals surface area contributed by atoms with Gasteiger partial charge in [0.25, 0.3) is 0 Å². The summed E-state index contributed by atoms with van der Waals surface area (Å²) in [6.07, 6.45) is 5.45. The highest BCUT2D eigenvalue weighted by molar-refractivity contribution is 5.57. The summed E-state index contributed by atoms with van der Waals surface area (Å²) >= 11 is 0. The number of rotatable bonds is 1. The number of hydrogen-bond acceptors (Lipinski definition) is 4. The molecule has 0 spiro atoms. The van der Waals surface area contributed by atoms with Crippen LogP contribution in [0.3, 0.4) is 0 Å². The maximum atomic E-state index is 9.85. The van der Waals surface area contributed by atoms with Crippen molar-refractivity contribution >= 4 is 5.69 Å². The van der Waals surface area contributed by atoms with Crippen LogP contribution in [-0.2, 0) is 6.42 Å². The zero-order chi connectivity index (χ0) is 11.8. The maximum absolute atomic E-state index is 9.85. The van der Waals surface area contributed by atoms with Crippen LogP contribution in [0.1, 0.15) is 36.6 Å². The minimum atomic E-state index is -0.372. The van der Waals surface area contributed by atoms with Gasteiger partial charge in [-0.1, -0.05) is 0 Å². The number of fused-ring (bicyclic) bond motifs is 1. The molecule has 1 fully saturated rings. The third-order valence-electron chi connectivity index (χ3n) is 3.85. The molecule has 0 aromatic carbocycles. The number of nitrogens with zero attached hydrogens (tertiary/aromatic N) is 2. The largest absolute Gasteiger partial charge is 0.387 e. The molecule has 0 amide bonds. The molecule has 92 valence electrons. The minimum absolute atomic E-state index is 0.277. The predicted octanol–water partition coefficient (Wildman–Crippen LogP) is 0.989. The highest BCUT2D eigenvalue weighted by Crippen LogP contribution is 2.36. The van der Waals surface area contributed by atoms with E-state index in [1.54, 1.807) is 0 Å². The fourth-order valence-electron chi connectivity index (χ4n) is 2.98. The van der Waals surface area contributed by atoms with E-state index in [0.717, 1.165) is 44.5 Å². The standard InChI is InChI=1S/C13H19N3O/c14-9-2-1-7-16(8-9)11-5-6-15-13-10(11)3-4-12(13)17/h5-6,9,12,17H,1-4,7-8,14H2/t9-,12?/m0/s1.